The van der Waals surface area contributed by atoms with Crippen LogP contribution in [-0.2, 0) is 10.2 Å². The second kappa shape index (κ2) is 5.33. The van der Waals surface area contributed by atoms with E-state index in [0.29, 0.717) is 11.9 Å². The second-order valence-corrected chi connectivity index (χ2v) is 6.24. The molecule has 2 rings (SSSR count). The van der Waals surface area contributed by atoms with Crippen LogP contribution < -0.4 is 10.6 Å². The van der Waals surface area contributed by atoms with Crippen molar-refractivity contribution in [3.63, 3.8) is 0 Å². The summed E-state index contributed by atoms with van der Waals surface area (Å²) in [6.45, 7) is 7.99. The number of nitrogen functional groups attached to an aromatic ring is 1. The molecule has 19 heavy (non-hydrogen) atoms. The van der Waals surface area contributed by atoms with Gasteiger partial charge in [0.25, 0.3) is 0 Å². The van der Waals surface area contributed by atoms with Crippen molar-refractivity contribution in [3.05, 3.63) is 11.9 Å². The Labute approximate surface area is 115 Å². The Balaban J connectivity index is 2.16. The lowest BCUT2D eigenvalue weighted by Gasteiger charge is -2.24. The lowest BCUT2D eigenvalue weighted by atomic mass is 9.96. The minimum Gasteiger partial charge on any atom is -0.384 e. The number of likely N-dealkylation sites (N-methyl/N-ethyl adjacent to an activating group) is 1. The quantitative estimate of drug-likeness (QED) is 0.904. The van der Waals surface area contributed by atoms with E-state index < -0.39 is 0 Å². The Bertz CT molecular complexity index is 436. The van der Waals surface area contributed by atoms with E-state index in [1.54, 1.807) is 0 Å². The Hall–Kier alpha value is -1.36. The second-order valence-electron chi connectivity index (χ2n) is 6.24. The third-order valence-corrected chi connectivity index (χ3v) is 3.30. The van der Waals surface area contributed by atoms with E-state index in [0.717, 1.165) is 37.6 Å². The molecule has 0 spiro atoms. The molecule has 1 aromatic rings. The van der Waals surface area contributed by atoms with Crippen molar-refractivity contribution in [2.24, 2.45) is 0 Å². The summed E-state index contributed by atoms with van der Waals surface area (Å²) in [6, 6.07) is 1.82. The summed E-state index contributed by atoms with van der Waals surface area (Å²) < 4.78 is 5.66. The SMILES string of the molecule is CN(CC1CCCO1)c1cc(N)nc(C(C)(C)C)n1. The molecule has 0 aliphatic carbocycles. The van der Waals surface area contributed by atoms with E-state index in [9.17, 15) is 0 Å². The molecule has 2 heterocycles. The number of hydrogen-bond acceptors (Lipinski definition) is 5. The smallest absolute Gasteiger partial charge is 0.138 e. The summed E-state index contributed by atoms with van der Waals surface area (Å²) in [5.41, 5.74) is 5.79. The lowest BCUT2D eigenvalue weighted by molar-refractivity contribution is 0.116. The van der Waals surface area contributed by atoms with Gasteiger partial charge in [-0.1, -0.05) is 20.8 Å². The molecule has 5 heteroatoms. The predicted octanol–water partition coefficient (Wildman–Crippen LogP) is 1.97. The fourth-order valence-electron chi connectivity index (χ4n) is 2.17. The maximum absolute atomic E-state index is 5.89. The maximum atomic E-state index is 5.89. The van der Waals surface area contributed by atoms with Gasteiger partial charge in [0.2, 0.25) is 0 Å². The lowest BCUT2D eigenvalue weighted by Crippen LogP contribution is -2.30. The van der Waals surface area contributed by atoms with E-state index in [-0.39, 0.29) is 5.41 Å². The van der Waals surface area contributed by atoms with Gasteiger partial charge < -0.3 is 15.4 Å². The summed E-state index contributed by atoms with van der Waals surface area (Å²) in [6.07, 6.45) is 2.58. The molecule has 106 valence electrons. The first-order chi connectivity index (χ1) is 8.86. The van der Waals surface area contributed by atoms with Crippen LogP contribution in [0.3, 0.4) is 0 Å². The van der Waals surface area contributed by atoms with Crippen LogP contribution in [0.25, 0.3) is 0 Å². The highest BCUT2D eigenvalue weighted by molar-refractivity contribution is 5.47. The number of ether oxygens (including phenoxy) is 1. The van der Waals surface area contributed by atoms with Crippen molar-refractivity contribution in [3.8, 4) is 0 Å². The normalized spacial score (nSPS) is 19.7. The largest absolute Gasteiger partial charge is 0.384 e. The highest BCUT2D eigenvalue weighted by Crippen LogP contribution is 2.23. The molecular weight excluding hydrogens is 240 g/mol. The molecule has 0 radical (unpaired) electrons. The van der Waals surface area contributed by atoms with Crippen molar-refractivity contribution >= 4 is 11.6 Å². The van der Waals surface area contributed by atoms with Gasteiger partial charge in [-0.15, -0.1) is 0 Å². The zero-order chi connectivity index (χ0) is 14.0. The van der Waals surface area contributed by atoms with Gasteiger partial charge in [0.1, 0.15) is 17.5 Å². The zero-order valence-electron chi connectivity index (χ0n) is 12.3. The third kappa shape index (κ3) is 3.56. The van der Waals surface area contributed by atoms with Gasteiger partial charge in [0, 0.05) is 31.7 Å². The summed E-state index contributed by atoms with van der Waals surface area (Å²) in [5.74, 6) is 2.17. The zero-order valence-corrected chi connectivity index (χ0v) is 12.3. The number of aromatic nitrogens is 2. The number of anilines is 2. The van der Waals surface area contributed by atoms with Crippen LogP contribution in [0.5, 0.6) is 0 Å². The van der Waals surface area contributed by atoms with Crippen molar-refractivity contribution in [2.45, 2.75) is 45.1 Å². The highest BCUT2D eigenvalue weighted by Gasteiger charge is 2.22. The molecule has 1 aliphatic heterocycles. The molecule has 1 aromatic heterocycles. The molecular formula is C14H24N4O. The molecule has 0 saturated carbocycles. The predicted molar refractivity (Wildman–Crippen MR) is 77.4 cm³/mol. The van der Waals surface area contributed by atoms with E-state index in [1.807, 2.05) is 13.1 Å². The van der Waals surface area contributed by atoms with Gasteiger partial charge in [-0.25, -0.2) is 9.97 Å². The molecule has 1 saturated heterocycles. The van der Waals surface area contributed by atoms with Crippen molar-refractivity contribution in [1.29, 1.82) is 0 Å². The molecule has 1 aliphatic rings. The van der Waals surface area contributed by atoms with Crippen LogP contribution in [-0.4, -0.2) is 36.3 Å². The maximum Gasteiger partial charge on any atom is 0.138 e. The molecule has 1 fully saturated rings. The number of nitrogens with zero attached hydrogens (tertiary/aromatic N) is 3. The fourth-order valence-corrected chi connectivity index (χ4v) is 2.17. The van der Waals surface area contributed by atoms with E-state index in [1.165, 1.54) is 0 Å². The average molecular weight is 264 g/mol. The highest BCUT2D eigenvalue weighted by atomic mass is 16.5. The number of hydrogen-bond donors (Lipinski definition) is 1. The Morgan fingerprint density at radius 3 is 2.74 bits per heavy atom. The van der Waals surface area contributed by atoms with E-state index in [4.69, 9.17) is 10.5 Å². The average Bonchev–Trinajstić information content (AvgIpc) is 2.79. The number of nitrogens with two attached hydrogens (primary N) is 1. The standard InChI is InChI=1S/C14H24N4O/c1-14(2,3)13-16-11(15)8-12(17-13)18(4)9-10-6-5-7-19-10/h8,10H,5-7,9H2,1-4H3,(H2,15,16,17). The van der Waals surface area contributed by atoms with E-state index in [2.05, 4.69) is 35.6 Å². The Kier molecular flexibility index (Phi) is 3.94. The molecule has 0 bridgehead atoms. The third-order valence-electron chi connectivity index (χ3n) is 3.30. The Morgan fingerprint density at radius 2 is 2.16 bits per heavy atom. The first-order valence-corrected chi connectivity index (χ1v) is 6.84. The molecule has 0 aromatic carbocycles. The van der Waals surface area contributed by atoms with Crippen molar-refractivity contribution < 1.29 is 4.74 Å². The van der Waals surface area contributed by atoms with Crippen LogP contribution in [0.4, 0.5) is 11.6 Å². The molecule has 1 unspecified atom stereocenters. The minimum atomic E-state index is -0.102. The van der Waals surface area contributed by atoms with Gasteiger partial charge in [-0.3, -0.25) is 0 Å². The van der Waals surface area contributed by atoms with Crippen LogP contribution >= 0.6 is 0 Å². The number of rotatable bonds is 3. The first-order valence-electron chi connectivity index (χ1n) is 6.84. The molecule has 0 amide bonds. The minimum absolute atomic E-state index is 0.102. The molecule has 1 atom stereocenters. The van der Waals surface area contributed by atoms with Crippen LogP contribution in [0, 0.1) is 0 Å². The topological polar surface area (TPSA) is 64.3 Å². The molecule has 5 nitrogen and oxygen atoms in total. The Morgan fingerprint density at radius 1 is 1.42 bits per heavy atom. The summed E-state index contributed by atoms with van der Waals surface area (Å²) >= 11 is 0. The first kappa shape index (κ1) is 14.1. The van der Waals surface area contributed by atoms with Crippen molar-refractivity contribution in [1.82, 2.24) is 9.97 Å². The summed E-state index contributed by atoms with van der Waals surface area (Å²) in [4.78, 5) is 11.1. The van der Waals surface area contributed by atoms with Gasteiger partial charge in [-0.2, -0.15) is 0 Å². The van der Waals surface area contributed by atoms with Gasteiger partial charge in [0.15, 0.2) is 0 Å². The molecule has 2 N–H and O–H groups in total. The van der Waals surface area contributed by atoms with Gasteiger partial charge in [0.05, 0.1) is 6.10 Å². The van der Waals surface area contributed by atoms with Crippen molar-refractivity contribution in [2.75, 3.05) is 30.8 Å². The van der Waals surface area contributed by atoms with E-state index >= 15 is 0 Å². The van der Waals surface area contributed by atoms with Crippen LogP contribution in [0.15, 0.2) is 6.07 Å². The van der Waals surface area contributed by atoms with Crippen LogP contribution in [0.1, 0.15) is 39.4 Å². The summed E-state index contributed by atoms with van der Waals surface area (Å²) in [7, 11) is 2.02. The monoisotopic (exact) mass is 264 g/mol. The summed E-state index contributed by atoms with van der Waals surface area (Å²) in [5, 5.41) is 0. The van der Waals surface area contributed by atoms with Crippen LogP contribution in [0.2, 0.25) is 0 Å². The fraction of sp³-hybridized carbons (Fsp3) is 0.714. The van der Waals surface area contributed by atoms with Gasteiger partial charge in [-0.05, 0) is 12.8 Å². The van der Waals surface area contributed by atoms with Gasteiger partial charge >= 0.3 is 0 Å².